The molecule has 1 aromatic carbocycles. The highest BCUT2D eigenvalue weighted by Crippen LogP contribution is 2.29. The first-order chi connectivity index (χ1) is 9.85. The first-order valence-corrected chi connectivity index (χ1v) is 7.69. The molecule has 1 aromatic heterocycles. The fourth-order valence-corrected chi connectivity index (χ4v) is 2.40. The van der Waals surface area contributed by atoms with Gasteiger partial charge in [-0.3, -0.25) is 0 Å². The van der Waals surface area contributed by atoms with Gasteiger partial charge < -0.3 is 9.73 Å². The van der Waals surface area contributed by atoms with Crippen molar-refractivity contribution in [3.63, 3.8) is 0 Å². The lowest BCUT2D eigenvalue weighted by atomic mass is 10.1. The maximum Gasteiger partial charge on any atom is 0.194 e. The highest BCUT2D eigenvalue weighted by Gasteiger charge is 2.11. The van der Waals surface area contributed by atoms with Gasteiger partial charge in [-0.05, 0) is 58.4 Å². The number of benzene rings is 1. The molecule has 1 heterocycles. The molecule has 0 atom stereocenters. The van der Waals surface area contributed by atoms with Gasteiger partial charge in [0.2, 0.25) is 0 Å². The molecule has 2 aromatic rings. The molecule has 2 rings (SSSR count). The van der Waals surface area contributed by atoms with E-state index < -0.39 is 0 Å². The van der Waals surface area contributed by atoms with Crippen LogP contribution in [0.4, 0.5) is 0 Å². The maximum absolute atomic E-state index is 6.25. The van der Waals surface area contributed by atoms with Crippen LogP contribution < -0.4 is 5.32 Å². The van der Waals surface area contributed by atoms with Crippen molar-refractivity contribution in [2.45, 2.75) is 46.1 Å². The third kappa shape index (κ3) is 4.87. The van der Waals surface area contributed by atoms with E-state index in [4.69, 9.17) is 16.0 Å². The average Bonchev–Trinajstić information content (AvgIpc) is 2.82. The van der Waals surface area contributed by atoms with Crippen molar-refractivity contribution in [1.82, 2.24) is 10.3 Å². The Kier molecular flexibility index (Phi) is 5.07. The normalized spacial score (nSPS) is 11.9. The molecule has 3 nitrogen and oxygen atoms in total. The number of halogens is 1. The summed E-state index contributed by atoms with van der Waals surface area (Å²) in [5, 5.41) is 4.16. The summed E-state index contributed by atoms with van der Waals surface area (Å²) in [5.74, 6) is 1.50. The monoisotopic (exact) mass is 306 g/mol. The largest absolute Gasteiger partial charge is 0.441 e. The number of hydrogen-bond donors (Lipinski definition) is 1. The predicted molar refractivity (Wildman–Crippen MR) is 87.8 cm³/mol. The van der Waals surface area contributed by atoms with Crippen LogP contribution in [0, 0.1) is 6.92 Å². The molecule has 21 heavy (non-hydrogen) atoms. The summed E-state index contributed by atoms with van der Waals surface area (Å²) < 4.78 is 5.80. The molecule has 0 fully saturated rings. The number of aromatic nitrogens is 1. The lowest BCUT2D eigenvalue weighted by Crippen LogP contribution is -2.36. The molecule has 0 bridgehead atoms. The number of nitrogens with zero attached hydrogens (tertiary/aromatic N) is 1. The van der Waals surface area contributed by atoms with Gasteiger partial charge in [0.15, 0.2) is 11.7 Å². The quantitative estimate of drug-likeness (QED) is 0.819. The van der Waals surface area contributed by atoms with Gasteiger partial charge in [0.05, 0.1) is 11.2 Å². The van der Waals surface area contributed by atoms with E-state index in [2.05, 4.69) is 31.1 Å². The van der Waals surface area contributed by atoms with Gasteiger partial charge in [0, 0.05) is 17.5 Å². The van der Waals surface area contributed by atoms with Gasteiger partial charge in [0.1, 0.15) is 0 Å². The summed E-state index contributed by atoms with van der Waals surface area (Å²) in [5.41, 5.74) is 2.18. The Morgan fingerprint density at radius 2 is 2.05 bits per heavy atom. The minimum atomic E-state index is 0.150. The Morgan fingerprint density at radius 1 is 1.29 bits per heavy atom. The first-order valence-electron chi connectivity index (χ1n) is 7.31. The van der Waals surface area contributed by atoms with Crippen LogP contribution in [0.15, 0.2) is 28.8 Å². The average molecular weight is 307 g/mol. The van der Waals surface area contributed by atoms with E-state index >= 15 is 0 Å². The zero-order valence-corrected chi connectivity index (χ0v) is 13.9. The van der Waals surface area contributed by atoms with Gasteiger partial charge in [-0.25, -0.2) is 4.98 Å². The van der Waals surface area contributed by atoms with E-state index in [1.165, 1.54) is 0 Å². The van der Waals surface area contributed by atoms with Crippen molar-refractivity contribution in [2.24, 2.45) is 0 Å². The van der Waals surface area contributed by atoms with Crippen LogP contribution in [0.5, 0.6) is 0 Å². The summed E-state index contributed by atoms with van der Waals surface area (Å²) in [4.78, 5) is 4.34. The molecular weight excluding hydrogens is 284 g/mol. The second kappa shape index (κ2) is 6.63. The molecule has 1 N–H and O–H groups in total. The third-order valence-electron chi connectivity index (χ3n) is 3.17. The minimum absolute atomic E-state index is 0.150. The minimum Gasteiger partial charge on any atom is -0.441 e. The van der Waals surface area contributed by atoms with E-state index in [-0.39, 0.29) is 5.54 Å². The van der Waals surface area contributed by atoms with Crippen LogP contribution in [0.25, 0.3) is 11.3 Å². The second-order valence-electron chi connectivity index (χ2n) is 6.38. The van der Waals surface area contributed by atoms with E-state index in [0.29, 0.717) is 5.02 Å². The summed E-state index contributed by atoms with van der Waals surface area (Å²) in [7, 11) is 0. The SMILES string of the molecule is Cc1ccc(-c2cnc(CCCNC(C)(C)C)o2)c(Cl)c1. The van der Waals surface area contributed by atoms with Crippen LogP contribution in [0.1, 0.15) is 38.6 Å². The summed E-state index contributed by atoms with van der Waals surface area (Å²) in [6.07, 6.45) is 3.58. The molecule has 0 unspecified atom stereocenters. The van der Waals surface area contributed by atoms with E-state index in [1.807, 2.05) is 25.1 Å². The molecule has 114 valence electrons. The van der Waals surface area contributed by atoms with E-state index in [9.17, 15) is 0 Å². The fourth-order valence-electron chi connectivity index (χ4n) is 2.07. The van der Waals surface area contributed by atoms with Crippen LogP contribution in [-0.4, -0.2) is 17.1 Å². The lowest BCUT2D eigenvalue weighted by Gasteiger charge is -2.20. The summed E-state index contributed by atoms with van der Waals surface area (Å²) in [6, 6.07) is 5.94. The number of aryl methyl sites for hydroxylation is 2. The third-order valence-corrected chi connectivity index (χ3v) is 3.48. The van der Waals surface area contributed by atoms with Crippen LogP contribution in [0.3, 0.4) is 0 Å². The molecule has 0 amide bonds. The van der Waals surface area contributed by atoms with Crippen LogP contribution in [0.2, 0.25) is 5.02 Å². The Balaban J connectivity index is 1.95. The topological polar surface area (TPSA) is 38.1 Å². The van der Waals surface area contributed by atoms with Gasteiger partial charge in [-0.1, -0.05) is 17.7 Å². The molecule has 0 aliphatic rings. The molecular formula is C17H23ClN2O. The number of nitrogens with one attached hydrogen (secondary N) is 1. The van der Waals surface area contributed by atoms with Crippen molar-refractivity contribution in [3.8, 4) is 11.3 Å². The Morgan fingerprint density at radius 3 is 2.71 bits per heavy atom. The standard InChI is InChI=1S/C17H23ClN2O/c1-12-7-8-13(14(18)10-12)15-11-19-16(21-15)6-5-9-20-17(2,3)4/h7-8,10-11,20H,5-6,9H2,1-4H3. The number of rotatable bonds is 5. The Hall–Kier alpha value is -1.32. The summed E-state index contributed by atoms with van der Waals surface area (Å²) in [6.45, 7) is 9.46. The van der Waals surface area contributed by atoms with Gasteiger partial charge >= 0.3 is 0 Å². The Bertz CT molecular complexity index is 599. The molecule has 0 saturated heterocycles. The van der Waals surface area contributed by atoms with Crippen LogP contribution >= 0.6 is 11.6 Å². The zero-order chi connectivity index (χ0) is 15.5. The smallest absolute Gasteiger partial charge is 0.194 e. The first kappa shape index (κ1) is 16.1. The van der Waals surface area contributed by atoms with Crippen molar-refractivity contribution < 1.29 is 4.42 Å². The van der Waals surface area contributed by atoms with Crippen LogP contribution in [-0.2, 0) is 6.42 Å². The van der Waals surface area contributed by atoms with Crippen molar-refractivity contribution in [3.05, 3.63) is 40.9 Å². The predicted octanol–water partition coefficient (Wildman–Crippen LogP) is 4.62. The number of hydrogen-bond acceptors (Lipinski definition) is 3. The van der Waals surface area contributed by atoms with Crippen molar-refractivity contribution in [2.75, 3.05) is 6.54 Å². The van der Waals surface area contributed by atoms with Crippen molar-refractivity contribution in [1.29, 1.82) is 0 Å². The van der Waals surface area contributed by atoms with E-state index in [0.717, 1.165) is 42.2 Å². The summed E-state index contributed by atoms with van der Waals surface area (Å²) >= 11 is 6.25. The molecule has 0 saturated carbocycles. The number of oxazole rings is 1. The highest BCUT2D eigenvalue weighted by atomic mass is 35.5. The molecule has 0 aliphatic carbocycles. The second-order valence-corrected chi connectivity index (χ2v) is 6.79. The fraction of sp³-hybridized carbons (Fsp3) is 0.471. The van der Waals surface area contributed by atoms with E-state index in [1.54, 1.807) is 6.20 Å². The lowest BCUT2D eigenvalue weighted by molar-refractivity contribution is 0.412. The molecule has 0 aliphatic heterocycles. The van der Waals surface area contributed by atoms with Gasteiger partial charge in [0.25, 0.3) is 0 Å². The zero-order valence-electron chi connectivity index (χ0n) is 13.2. The van der Waals surface area contributed by atoms with Crippen molar-refractivity contribution >= 4 is 11.6 Å². The van der Waals surface area contributed by atoms with Gasteiger partial charge in [-0.15, -0.1) is 0 Å². The molecule has 4 heteroatoms. The molecule has 0 radical (unpaired) electrons. The highest BCUT2D eigenvalue weighted by molar-refractivity contribution is 6.33. The Labute approximate surface area is 131 Å². The molecule has 0 spiro atoms. The maximum atomic E-state index is 6.25. The van der Waals surface area contributed by atoms with Gasteiger partial charge in [-0.2, -0.15) is 0 Å².